The number of carbonyl (C=O) groups excluding carboxylic acids is 1. The number of amides is 1. The van der Waals surface area contributed by atoms with E-state index in [0.29, 0.717) is 12.1 Å². The number of benzene rings is 2. The molecule has 0 aliphatic carbocycles. The summed E-state index contributed by atoms with van der Waals surface area (Å²) in [6.07, 6.45) is 0.976. The number of nitrogens with zero attached hydrogens (tertiary/aromatic N) is 1. The zero-order valence-electron chi connectivity index (χ0n) is 13.8. The van der Waals surface area contributed by atoms with E-state index >= 15 is 0 Å². The van der Waals surface area contributed by atoms with E-state index in [0.717, 1.165) is 36.7 Å². The molecule has 1 heterocycles. The first-order chi connectivity index (χ1) is 11.7. The Balaban J connectivity index is 0.00000225. The molecule has 2 aromatic carbocycles. The topological polar surface area (TPSA) is 65.5 Å². The van der Waals surface area contributed by atoms with Crippen LogP contribution in [0, 0.1) is 0 Å². The molecule has 1 aliphatic rings. The van der Waals surface area contributed by atoms with Crippen molar-refractivity contribution < 1.29 is 4.79 Å². The van der Waals surface area contributed by atoms with Crippen LogP contribution in [0.2, 0.25) is 0 Å². The molecule has 0 saturated heterocycles. The summed E-state index contributed by atoms with van der Waals surface area (Å²) in [5.74, 6) is 0.760. The van der Waals surface area contributed by atoms with Crippen molar-refractivity contribution in [2.24, 2.45) is 4.99 Å². The van der Waals surface area contributed by atoms with Crippen LogP contribution in [0.1, 0.15) is 35.8 Å². The number of carbonyl (C=O) groups is 1. The number of hydrogen-bond donors (Lipinski definition) is 3. The number of guanidine groups is 1. The lowest BCUT2D eigenvalue weighted by molar-refractivity contribution is 0.0951. The van der Waals surface area contributed by atoms with Gasteiger partial charge in [-0.05, 0) is 41.8 Å². The SMILES string of the molecule is C.CCc1ccc(C(=O)NCc2ccc(NC3=NCCN3)cc2)cc1. The van der Waals surface area contributed by atoms with Crippen molar-refractivity contribution in [3.63, 3.8) is 0 Å². The highest BCUT2D eigenvalue weighted by Gasteiger charge is 2.06. The second-order valence-corrected chi connectivity index (χ2v) is 5.71. The Labute approximate surface area is 149 Å². The van der Waals surface area contributed by atoms with Crippen LogP contribution in [0.5, 0.6) is 0 Å². The molecule has 0 atom stereocenters. The summed E-state index contributed by atoms with van der Waals surface area (Å²) >= 11 is 0. The van der Waals surface area contributed by atoms with E-state index in [4.69, 9.17) is 0 Å². The van der Waals surface area contributed by atoms with Crippen LogP contribution >= 0.6 is 0 Å². The van der Waals surface area contributed by atoms with E-state index in [9.17, 15) is 4.79 Å². The molecule has 1 amide bonds. The van der Waals surface area contributed by atoms with Gasteiger partial charge in [-0.1, -0.05) is 38.6 Å². The molecule has 0 bridgehead atoms. The van der Waals surface area contributed by atoms with E-state index in [2.05, 4.69) is 27.9 Å². The average Bonchev–Trinajstić information content (AvgIpc) is 3.14. The maximum atomic E-state index is 12.2. The molecule has 1 aliphatic heterocycles. The molecule has 5 heteroatoms. The second-order valence-electron chi connectivity index (χ2n) is 5.71. The van der Waals surface area contributed by atoms with Crippen LogP contribution in [0.3, 0.4) is 0 Å². The minimum Gasteiger partial charge on any atom is -0.354 e. The Bertz CT molecular complexity index is 720. The molecule has 0 radical (unpaired) electrons. The van der Waals surface area contributed by atoms with Gasteiger partial charge in [0.05, 0.1) is 6.54 Å². The molecule has 0 aromatic heterocycles. The third kappa shape index (κ3) is 5.08. The zero-order chi connectivity index (χ0) is 16.8. The number of aryl methyl sites for hydroxylation is 1. The van der Waals surface area contributed by atoms with Gasteiger partial charge in [0.2, 0.25) is 0 Å². The van der Waals surface area contributed by atoms with Gasteiger partial charge in [-0.2, -0.15) is 0 Å². The standard InChI is InChI=1S/C19H22N4O.CH4/c1-2-14-3-7-16(8-4-14)18(24)22-13-15-5-9-17(10-6-15)23-19-20-11-12-21-19;/h3-10H,2,11-13H2,1H3,(H,22,24)(H2,20,21,23);1H4. The van der Waals surface area contributed by atoms with Gasteiger partial charge < -0.3 is 16.0 Å². The first kappa shape index (κ1) is 18.5. The Morgan fingerprint density at radius 1 is 1.08 bits per heavy atom. The number of aliphatic imine (C=N–C) groups is 1. The van der Waals surface area contributed by atoms with Crippen molar-refractivity contribution in [3.05, 3.63) is 65.2 Å². The molecular formula is C20H26N4O. The molecule has 3 rings (SSSR count). The van der Waals surface area contributed by atoms with Crippen molar-refractivity contribution in [2.45, 2.75) is 27.3 Å². The third-order valence-electron chi connectivity index (χ3n) is 3.97. The molecule has 0 spiro atoms. The summed E-state index contributed by atoms with van der Waals surface area (Å²) in [4.78, 5) is 16.5. The minimum atomic E-state index is -0.0515. The molecule has 5 nitrogen and oxygen atoms in total. The van der Waals surface area contributed by atoms with Crippen molar-refractivity contribution in [1.29, 1.82) is 0 Å². The monoisotopic (exact) mass is 338 g/mol. The van der Waals surface area contributed by atoms with Gasteiger partial charge >= 0.3 is 0 Å². The summed E-state index contributed by atoms with van der Waals surface area (Å²) < 4.78 is 0. The molecule has 132 valence electrons. The Hall–Kier alpha value is -2.82. The van der Waals surface area contributed by atoms with Crippen LogP contribution in [0.15, 0.2) is 53.5 Å². The number of anilines is 1. The Morgan fingerprint density at radius 2 is 1.76 bits per heavy atom. The maximum Gasteiger partial charge on any atom is 0.251 e. The van der Waals surface area contributed by atoms with Crippen molar-refractivity contribution in [1.82, 2.24) is 10.6 Å². The largest absolute Gasteiger partial charge is 0.354 e. The van der Waals surface area contributed by atoms with Gasteiger partial charge in [0.15, 0.2) is 5.96 Å². The second kappa shape index (κ2) is 8.87. The van der Waals surface area contributed by atoms with E-state index < -0.39 is 0 Å². The minimum absolute atomic E-state index is 0. The fourth-order valence-electron chi connectivity index (χ4n) is 2.50. The summed E-state index contributed by atoms with van der Waals surface area (Å²) in [5.41, 5.74) is 3.96. The highest BCUT2D eigenvalue weighted by Crippen LogP contribution is 2.10. The molecule has 2 aromatic rings. The summed E-state index contributed by atoms with van der Waals surface area (Å²) in [5, 5.41) is 9.34. The normalized spacial score (nSPS) is 12.6. The van der Waals surface area contributed by atoms with Crippen LogP contribution in [-0.4, -0.2) is 25.0 Å². The van der Waals surface area contributed by atoms with Gasteiger partial charge in [-0.25, -0.2) is 0 Å². The predicted molar refractivity (Wildman–Crippen MR) is 104 cm³/mol. The van der Waals surface area contributed by atoms with Gasteiger partial charge in [0, 0.05) is 24.3 Å². The number of rotatable bonds is 5. The smallest absolute Gasteiger partial charge is 0.251 e. The van der Waals surface area contributed by atoms with Crippen molar-refractivity contribution >= 4 is 17.6 Å². The van der Waals surface area contributed by atoms with Crippen molar-refractivity contribution in [3.8, 4) is 0 Å². The van der Waals surface area contributed by atoms with Crippen molar-refractivity contribution in [2.75, 3.05) is 18.4 Å². The fourth-order valence-corrected chi connectivity index (χ4v) is 2.50. The maximum absolute atomic E-state index is 12.2. The summed E-state index contributed by atoms with van der Waals surface area (Å²) in [7, 11) is 0. The lowest BCUT2D eigenvalue weighted by atomic mass is 10.1. The van der Waals surface area contributed by atoms with E-state index in [1.807, 2.05) is 48.5 Å². The number of nitrogens with one attached hydrogen (secondary N) is 3. The third-order valence-corrected chi connectivity index (χ3v) is 3.97. The van der Waals surface area contributed by atoms with E-state index in [1.165, 1.54) is 5.56 Å². The summed E-state index contributed by atoms with van der Waals surface area (Å²) in [6.45, 7) is 4.30. The van der Waals surface area contributed by atoms with Crippen LogP contribution in [0.4, 0.5) is 5.69 Å². The quantitative estimate of drug-likeness (QED) is 0.784. The average molecular weight is 338 g/mol. The van der Waals surface area contributed by atoms with Gasteiger partial charge in [0.1, 0.15) is 0 Å². The lowest BCUT2D eigenvalue weighted by Crippen LogP contribution is -2.26. The van der Waals surface area contributed by atoms with E-state index in [1.54, 1.807) is 0 Å². The number of hydrogen-bond acceptors (Lipinski definition) is 4. The van der Waals surface area contributed by atoms with Crippen LogP contribution in [-0.2, 0) is 13.0 Å². The first-order valence-electron chi connectivity index (χ1n) is 8.26. The van der Waals surface area contributed by atoms with Gasteiger partial charge in [-0.3, -0.25) is 9.79 Å². The lowest BCUT2D eigenvalue weighted by Gasteiger charge is -2.09. The summed E-state index contributed by atoms with van der Waals surface area (Å²) in [6, 6.07) is 15.7. The van der Waals surface area contributed by atoms with Gasteiger partial charge in [-0.15, -0.1) is 0 Å². The zero-order valence-corrected chi connectivity index (χ0v) is 13.8. The molecule has 0 fully saturated rings. The van der Waals surface area contributed by atoms with Gasteiger partial charge in [0.25, 0.3) is 5.91 Å². The Morgan fingerprint density at radius 3 is 2.36 bits per heavy atom. The first-order valence-corrected chi connectivity index (χ1v) is 8.26. The molecule has 0 saturated carbocycles. The fraction of sp³-hybridized carbons (Fsp3) is 0.300. The van der Waals surface area contributed by atoms with E-state index in [-0.39, 0.29) is 13.3 Å². The molecular weight excluding hydrogens is 312 g/mol. The molecule has 3 N–H and O–H groups in total. The van der Waals surface area contributed by atoms with Crippen LogP contribution in [0.25, 0.3) is 0 Å². The Kier molecular flexibility index (Phi) is 6.57. The highest BCUT2D eigenvalue weighted by atomic mass is 16.1. The molecule has 0 unspecified atom stereocenters. The van der Waals surface area contributed by atoms with Crippen LogP contribution < -0.4 is 16.0 Å². The highest BCUT2D eigenvalue weighted by molar-refractivity contribution is 5.95. The molecule has 25 heavy (non-hydrogen) atoms. The predicted octanol–water partition coefficient (Wildman–Crippen LogP) is 3.19.